The summed E-state index contributed by atoms with van der Waals surface area (Å²) >= 11 is 6.94. The fourth-order valence-electron chi connectivity index (χ4n) is 1.61. The predicted octanol–water partition coefficient (Wildman–Crippen LogP) is 2.76. The summed E-state index contributed by atoms with van der Waals surface area (Å²) in [5.74, 6) is 3.19. The topological polar surface area (TPSA) is 29.3 Å². The van der Waals surface area contributed by atoms with Crippen molar-refractivity contribution in [1.29, 1.82) is 0 Å². The number of thioether (sulfide) groups is 1. The Bertz CT molecular complexity index is 184. The molecule has 0 heterocycles. The Kier molecular flexibility index (Phi) is 10.5. The fourth-order valence-corrected chi connectivity index (χ4v) is 2.33. The summed E-state index contributed by atoms with van der Waals surface area (Å²) in [6.07, 6.45) is 2.12. The Morgan fingerprint density at radius 3 is 2.56 bits per heavy atom. The van der Waals surface area contributed by atoms with Gasteiger partial charge >= 0.3 is 0 Å². The second-order valence-corrected chi connectivity index (χ2v) is 6.38. The van der Waals surface area contributed by atoms with Crippen LogP contribution in [0.15, 0.2) is 0 Å². The number of hydrogen-bond donors (Lipinski definition) is 1. The summed E-state index contributed by atoms with van der Waals surface area (Å²) < 4.78 is 0. The van der Waals surface area contributed by atoms with Gasteiger partial charge in [0.05, 0.1) is 4.99 Å². The fraction of sp³-hybridized carbons (Fsp3) is 0.917. The van der Waals surface area contributed by atoms with Crippen molar-refractivity contribution < 1.29 is 0 Å². The first-order chi connectivity index (χ1) is 7.56. The molecule has 0 bridgehead atoms. The number of nitrogens with two attached hydrogens (primary N) is 1. The zero-order chi connectivity index (χ0) is 12.4. The van der Waals surface area contributed by atoms with E-state index in [1.807, 2.05) is 11.8 Å². The quantitative estimate of drug-likeness (QED) is 0.484. The minimum absolute atomic E-state index is 0.636. The number of nitrogens with zero attached hydrogens (tertiary/aromatic N) is 1. The molecule has 0 aromatic carbocycles. The van der Waals surface area contributed by atoms with Crippen LogP contribution in [0, 0.1) is 5.92 Å². The van der Waals surface area contributed by atoms with E-state index in [0.717, 1.165) is 19.5 Å². The molecule has 0 rings (SSSR count). The summed E-state index contributed by atoms with van der Waals surface area (Å²) in [6, 6.07) is 0. The van der Waals surface area contributed by atoms with Gasteiger partial charge in [0.2, 0.25) is 0 Å². The van der Waals surface area contributed by atoms with Crippen molar-refractivity contribution in [3.63, 3.8) is 0 Å². The Hall–Kier alpha value is 0.200. The lowest BCUT2D eigenvalue weighted by Crippen LogP contribution is -2.32. The second kappa shape index (κ2) is 10.4. The molecule has 0 atom stereocenters. The maximum absolute atomic E-state index is 5.55. The molecule has 96 valence electrons. The average Bonchev–Trinajstić information content (AvgIpc) is 2.19. The van der Waals surface area contributed by atoms with Crippen LogP contribution in [0.5, 0.6) is 0 Å². The van der Waals surface area contributed by atoms with E-state index in [2.05, 4.69) is 25.7 Å². The van der Waals surface area contributed by atoms with Crippen LogP contribution in [0.1, 0.15) is 33.6 Å². The average molecular weight is 262 g/mol. The van der Waals surface area contributed by atoms with Gasteiger partial charge in [0.1, 0.15) is 0 Å². The van der Waals surface area contributed by atoms with Crippen LogP contribution in [-0.2, 0) is 0 Å². The van der Waals surface area contributed by atoms with Crippen molar-refractivity contribution in [2.45, 2.75) is 33.6 Å². The molecule has 0 radical (unpaired) electrons. The molecule has 16 heavy (non-hydrogen) atoms. The first kappa shape index (κ1) is 16.2. The van der Waals surface area contributed by atoms with Gasteiger partial charge in [-0.15, -0.1) is 0 Å². The molecule has 0 fully saturated rings. The zero-order valence-electron chi connectivity index (χ0n) is 10.9. The Morgan fingerprint density at radius 2 is 2.06 bits per heavy atom. The van der Waals surface area contributed by atoms with Crippen molar-refractivity contribution in [3.8, 4) is 0 Å². The second-order valence-electron chi connectivity index (χ2n) is 4.46. The van der Waals surface area contributed by atoms with E-state index in [9.17, 15) is 0 Å². The van der Waals surface area contributed by atoms with Gasteiger partial charge in [0.15, 0.2) is 0 Å². The molecule has 0 spiro atoms. The van der Waals surface area contributed by atoms with E-state index < -0.39 is 0 Å². The molecule has 0 unspecified atom stereocenters. The van der Waals surface area contributed by atoms with E-state index in [-0.39, 0.29) is 0 Å². The molecular formula is C12H26N2S2. The molecule has 0 aromatic heterocycles. The molecule has 0 aliphatic carbocycles. The molecule has 0 saturated heterocycles. The van der Waals surface area contributed by atoms with Crippen molar-refractivity contribution in [2.24, 2.45) is 11.7 Å². The summed E-state index contributed by atoms with van der Waals surface area (Å²) in [7, 11) is 0. The standard InChI is InChI=1S/C12H26N2S2/c1-4-16-9-5-7-14(10-11(2)3)8-6-12(13)15/h11H,4-10H2,1-3H3,(H2,13,15). The van der Waals surface area contributed by atoms with Crippen molar-refractivity contribution >= 4 is 29.0 Å². The van der Waals surface area contributed by atoms with Gasteiger partial charge in [-0.1, -0.05) is 33.0 Å². The maximum Gasteiger partial charge on any atom is 0.0740 e. The molecule has 0 amide bonds. The third-order valence-corrected chi connectivity index (χ3v) is 3.45. The van der Waals surface area contributed by atoms with Crippen molar-refractivity contribution in [3.05, 3.63) is 0 Å². The minimum Gasteiger partial charge on any atom is -0.393 e. The van der Waals surface area contributed by atoms with Crippen LogP contribution in [0.3, 0.4) is 0 Å². The van der Waals surface area contributed by atoms with E-state index in [1.54, 1.807) is 0 Å². The predicted molar refractivity (Wildman–Crippen MR) is 80.3 cm³/mol. The van der Waals surface area contributed by atoms with Gasteiger partial charge < -0.3 is 10.6 Å². The van der Waals surface area contributed by atoms with Crippen LogP contribution in [0.2, 0.25) is 0 Å². The number of hydrogen-bond acceptors (Lipinski definition) is 3. The normalized spacial score (nSPS) is 11.3. The van der Waals surface area contributed by atoms with E-state index in [1.165, 1.54) is 24.5 Å². The Labute approximate surface area is 110 Å². The third kappa shape index (κ3) is 10.7. The van der Waals surface area contributed by atoms with E-state index in [0.29, 0.717) is 10.9 Å². The molecule has 2 nitrogen and oxygen atoms in total. The lowest BCUT2D eigenvalue weighted by Gasteiger charge is -2.23. The van der Waals surface area contributed by atoms with Crippen LogP contribution >= 0.6 is 24.0 Å². The summed E-state index contributed by atoms with van der Waals surface area (Å²) in [5.41, 5.74) is 5.55. The highest BCUT2D eigenvalue weighted by Crippen LogP contribution is 2.05. The van der Waals surface area contributed by atoms with Crippen LogP contribution in [0.4, 0.5) is 0 Å². The minimum atomic E-state index is 0.636. The van der Waals surface area contributed by atoms with Crippen LogP contribution in [-0.4, -0.2) is 41.0 Å². The first-order valence-corrected chi connectivity index (χ1v) is 7.71. The van der Waals surface area contributed by atoms with Crippen molar-refractivity contribution in [2.75, 3.05) is 31.1 Å². The molecule has 0 aliphatic rings. The maximum atomic E-state index is 5.55. The van der Waals surface area contributed by atoms with E-state index >= 15 is 0 Å². The van der Waals surface area contributed by atoms with Gasteiger partial charge in [-0.25, -0.2) is 0 Å². The lowest BCUT2D eigenvalue weighted by atomic mass is 10.2. The molecular weight excluding hydrogens is 236 g/mol. The highest BCUT2D eigenvalue weighted by Gasteiger charge is 2.07. The highest BCUT2D eigenvalue weighted by atomic mass is 32.2. The smallest absolute Gasteiger partial charge is 0.0740 e. The monoisotopic (exact) mass is 262 g/mol. The van der Waals surface area contributed by atoms with Crippen LogP contribution in [0.25, 0.3) is 0 Å². The zero-order valence-corrected chi connectivity index (χ0v) is 12.5. The van der Waals surface area contributed by atoms with E-state index in [4.69, 9.17) is 18.0 Å². The highest BCUT2D eigenvalue weighted by molar-refractivity contribution is 7.99. The summed E-state index contributed by atoms with van der Waals surface area (Å²) in [6.45, 7) is 10.1. The molecule has 0 aliphatic heterocycles. The number of thiocarbonyl (C=S) groups is 1. The van der Waals surface area contributed by atoms with Crippen LogP contribution < -0.4 is 5.73 Å². The third-order valence-electron chi connectivity index (χ3n) is 2.26. The summed E-state index contributed by atoms with van der Waals surface area (Å²) in [5, 5.41) is 0. The van der Waals surface area contributed by atoms with Gasteiger partial charge in [-0.2, -0.15) is 11.8 Å². The molecule has 4 heteroatoms. The largest absolute Gasteiger partial charge is 0.393 e. The van der Waals surface area contributed by atoms with Gasteiger partial charge in [-0.3, -0.25) is 0 Å². The molecule has 0 aromatic rings. The van der Waals surface area contributed by atoms with Crippen molar-refractivity contribution in [1.82, 2.24) is 4.90 Å². The lowest BCUT2D eigenvalue weighted by molar-refractivity contribution is 0.252. The Morgan fingerprint density at radius 1 is 1.38 bits per heavy atom. The first-order valence-electron chi connectivity index (χ1n) is 6.14. The SMILES string of the molecule is CCSCCCN(CCC(N)=S)CC(C)C. The van der Waals surface area contributed by atoms with Gasteiger partial charge in [0, 0.05) is 19.5 Å². The molecule has 2 N–H and O–H groups in total. The number of rotatable bonds is 10. The van der Waals surface area contributed by atoms with Gasteiger partial charge in [-0.05, 0) is 30.4 Å². The van der Waals surface area contributed by atoms with Gasteiger partial charge in [0.25, 0.3) is 0 Å². The molecule has 0 saturated carbocycles. The summed E-state index contributed by atoms with van der Waals surface area (Å²) in [4.78, 5) is 3.12. The Balaban J connectivity index is 3.76.